The first-order chi connectivity index (χ1) is 13.2. The van der Waals surface area contributed by atoms with Crippen LogP contribution in [-0.2, 0) is 4.74 Å². The highest BCUT2D eigenvalue weighted by Crippen LogP contribution is 2.41. The Morgan fingerprint density at radius 2 is 1.71 bits per heavy atom. The van der Waals surface area contributed by atoms with E-state index in [2.05, 4.69) is 18.3 Å². The molecule has 1 aromatic carbocycles. The molecule has 4 nitrogen and oxygen atoms in total. The van der Waals surface area contributed by atoms with Crippen LogP contribution in [0.3, 0.4) is 0 Å². The van der Waals surface area contributed by atoms with Gasteiger partial charge in [-0.2, -0.15) is 0 Å². The number of amides is 1. The van der Waals surface area contributed by atoms with Gasteiger partial charge in [0.2, 0.25) is 0 Å². The van der Waals surface area contributed by atoms with Crippen LogP contribution in [0.25, 0.3) is 11.1 Å². The summed E-state index contributed by atoms with van der Waals surface area (Å²) in [5, 5.41) is 5.31. The third-order valence-corrected chi connectivity index (χ3v) is 7.06. The van der Waals surface area contributed by atoms with Gasteiger partial charge in [0.1, 0.15) is 10.6 Å². The van der Waals surface area contributed by atoms with E-state index in [1.807, 2.05) is 45.2 Å². The Hall–Kier alpha value is -2.44. The maximum atomic E-state index is 12.8. The zero-order valence-electron chi connectivity index (χ0n) is 16.9. The molecule has 0 unspecified atom stereocenters. The van der Waals surface area contributed by atoms with Gasteiger partial charge in [0.15, 0.2) is 0 Å². The summed E-state index contributed by atoms with van der Waals surface area (Å²) in [6, 6.07) is 6.11. The van der Waals surface area contributed by atoms with E-state index in [1.165, 1.54) is 24.0 Å². The molecule has 0 fully saturated rings. The van der Waals surface area contributed by atoms with E-state index in [-0.39, 0.29) is 5.91 Å². The van der Waals surface area contributed by atoms with E-state index in [0.29, 0.717) is 16.1 Å². The molecule has 0 bridgehead atoms. The Bertz CT molecular complexity index is 1080. The SMILES string of the molecule is COC(=O)c1c(NC(=O)c2csc(C)c2C)sc(C)c1-c1ccc(C)c(C)c1. The van der Waals surface area contributed by atoms with Crippen LogP contribution in [0.4, 0.5) is 5.00 Å². The molecular weight excluding hydrogens is 390 g/mol. The molecule has 3 aromatic rings. The summed E-state index contributed by atoms with van der Waals surface area (Å²) in [6.07, 6.45) is 0. The molecule has 6 heteroatoms. The van der Waals surface area contributed by atoms with Gasteiger partial charge >= 0.3 is 5.97 Å². The van der Waals surface area contributed by atoms with Crippen LogP contribution >= 0.6 is 22.7 Å². The summed E-state index contributed by atoms with van der Waals surface area (Å²) in [5.41, 5.74) is 6.10. The number of methoxy groups -OCH3 is 1. The highest BCUT2D eigenvalue weighted by molar-refractivity contribution is 7.17. The second-order valence-electron chi connectivity index (χ2n) is 6.81. The minimum atomic E-state index is -0.453. The molecule has 0 atom stereocenters. The second-order valence-corrected chi connectivity index (χ2v) is 9.12. The number of rotatable bonds is 4. The van der Waals surface area contributed by atoms with Crippen molar-refractivity contribution in [3.63, 3.8) is 0 Å². The number of ether oxygens (including phenoxy) is 1. The maximum Gasteiger partial charge on any atom is 0.341 e. The van der Waals surface area contributed by atoms with Gasteiger partial charge in [-0.15, -0.1) is 22.7 Å². The first-order valence-electron chi connectivity index (χ1n) is 8.90. The number of aryl methyl sites for hydroxylation is 4. The van der Waals surface area contributed by atoms with E-state index in [1.54, 1.807) is 11.3 Å². The van der Waals surface area contributed by atoms with E-state index in [4.69, 9.17) is 4.74 Å². The van der Waals surface area contributed by atoms with Crippen LogP contribution in [0.5, 0.6) is 0 Å². The van der Waals surface area contributed by atoms with Crippen LogP contribution in [0, 0.1) is 34.6 Å². The van der Waals surface area contributed by atoms with Crippen molar-refractivity contribution in [2.24, 2.45) is 0 Å². The van der Waals surface area contributed by atoms with Crippen molar-refractivity contribution in [2.45, 2.75) is 34.6 Å². The predicted octanol–water partition coefficient (Wildman–Crippen LogP) is 6.06. The van der Waals surface area contributed by atoms with Crippen molar-refractivity contribution in [1.29, 1.82) is 0 Å². The summed E-state index contributed by atoms with van der Waals surface area (Å²) in [4.78, 5) is 27.5. The molecule has 0 spiro atoms. The Balaban J connectivity index is 2.09. The first-order valence-corrected chi connectivity index (χ1v) is 10.6. The Morgan fingerprint density at radius 3 is 2.29 bits per heavy atom. The van der Waals surface area contributed by atoms with Crippen LogP contribution < -0.4 is 5.32 Å². The summed E-state index contributed by atoms with van der Waals surface area (Å²) in [5.74, 6) is -0.661. The Kier molecular flexibility index (Phi) is 5.72. The molecule has 2 aromatic heterocycles. The van der Waals surface area contributed by atoms with E-state index >= 15 is 0 Å². The fourth-order valence-corrected chi connectivity index (χ4v) is 5.01. The first kappa shape index (κ1) is 20.3. The van der Waals surface area contributed by atoms with E-state index in [9.17, 15) is 9.59 Å². The lowest BCUT2D eigenvalue weighted by Gasteiger charge is -2.10. The van der Waals surface area contributed by atoms with Crippen molar-refractivity contribution >= 4 is 39.6 Å². The van der Waals surface area contributed by atoms with Gasteiger partial charge in [-0.1, -0.05) is 18.2 Å². The molecule has 0 aliphatic heterocycles. The minimum absolute atomic E-state index is 0.208. The number of carbonyl (C=O) groups excluding carboxylic acids is 2. The Morgan fingerprint density at radius 1 is 1.00 bits per heavy atom. The highest BCUT2D eigenvalue weighted by atomic mass is 32.1. The van der Waals surface area contributed by atoms with Gasteiger partial charge in [-0.25, -0.2) is 4.79 Å². The zero-order valence-corrected chi connectivity index (χ0v) is 18.5. The fourth-order valence-electron chi connectivity index (χ4n) is 3.08. The number of hydrogen-bond acceptors (Lipinski definition) is 5. The highest BCUT2D eigenvalue weighted by Gasteiger charge is 2.26. The predicted molar refractivity (Wildman–Crippen MR) is 117 cm³/mol. The number of benzene rings is 1. The van der Waals surface area contributed by atoms with E-state index in [0.717, 1.165) is 32.0 Å². The van der Waals surface area contributed by atoms with Crippen LogP contribution in [0.1, 0.15) is 47.2 Å². The average Bonchev–Trinajstić information content (AvgIpc) is 3.16. The molecule has 2 heterocycles. The number of thiophene rings is 2. The van der Waals surface area contributed by atoms with Crippen molar-refractivity contribution in [1.82, 2.24) is 0 Å². The lowest BCUT2D eigenvalue weighted by Crippen LogP contribution is -2.14. The lowest BCUT2D eigenvalue weighted by atomic mass is 9.97. The molecule has 28 heavy (non-hydrogen) atoms. The van der Waals surface area contributed by atoms with Crippen molar-refractivity contribution in [3.8, 4) is 11.1 Å². The molecule has 146 valence electrons. The molecule has 0 saturated carbocycles. The molecule has 3 rings (SSSR count). The quantitative estimate of drug-likeness (QED) is 0.529. The molecular formula is C22H23NO3S2. The number of hydrogen-bond donors (Lipinski definition) is 1. The zero-order chi connectivity index (χ0) is 20.6. The molecule has 1 amide bonds. The maximum absolute atomic E-state index is 12.8. The van der Waals surface area contributed by atoms with Crippen LogP contribution in [0.15, 0.2) is 23.6 Å². The largest absolute Gasteiger partial charge is 0.465 e. The third kappa shape index (κ3) is 3.62. The minimum Gasteiger partial charge on any atom is -0.465 e. The summed E-state index contributed by atoms with van der Waals surface area (Å²) in [7, 11) is 1.36. The lowest BCUT2D eigenvalue weighted by molar-refractivity contribution is 0.0603. The summed E-state index contributed by atoms with van der Waals surface area (Å²) < 4.78 is 5.04. The fraction of sp³-hybridized carbons (Fsp3) is 0.273. The summed E-state index contributed by atoms with van der Waals surface area (Å²) in [6.45, 7) is 9.98. The number of nitrogens with one attached hydrogen (secondary N) is 1. The number of esters is 1. The topological polar surface area (TPSA) is 55.4 Å². The van der Waals surface area contributed by atoms with Gasteiger partial charge in [0, 0.05) is 20.7 Å². The van der Waals surface area contributed by atoms with Crippen molar-refractivity contribution in [3.05, 3.63) is 61.2 Å². The van der Waals surface area contributed by atoms with Gasteiger partial charge < -0.3 is 10.1 Å². The molecule has 1 N–H and O–H groups in total. The molecule has 0 radical (unpaired) electrons. The standard InChI is InChI=1S/C22H23NO3S2/c1-11-7-8-16(9-12(11)2)18-15(5)28-21(19(18)22(25)26-6)23-20(24)17-10-27-14(4)13(17)3/h7-10H,1-6H3,(H,23,24). The molecule has 0 saturated heterocycles. The van der Waals surface area contributed by atoms with Crippen LogP contribution in [-0.4, -0.2) is 19.0 Å². The molecule has 0 aliphatic carbocycles. The monoisotopic (exact) mass is 413 g/mol. The number of carbonyl (C=O) groups is 2. The van der Waals surface area contributed by atoms with Crippen molar-refractivity contribution in [2.75, 3.05) is 12.4 Å². The second kappa shape index (κ2) is 7.89. The third-order valence-electron chi connectivity index (χ3n) is 5.03. The van der Waals surface area contributed by atoms with E-state index < -0.39 is 5.97 Å². The van der Waals surface area contributed by atoms with Gasteiger partial charge in [-0.05, 0) is 56.9 Å². The normalized spacial score (nSPS) is 10.8. The smallest absolute Gasteiger partial charge is 0.341 e. The van der Waals surface area contributed by atoms with Crippen molar-refractivity contribution < 1.29 is 14.3 Å². The summed E-state index contributed by atoms with van der Waals surface area (Å²) >= 11 is 2.94. The van der Waals surface area contributed by atoms with Gasteiger partial charge in [0.05, 0.1) is 12.7 Å². The van der Waals surface area contributed by atoms with Gasteiger partial charge in [-0.3, -0.25) is 4.79 Å². The Labute approximate surface area is 173 Å². The van der Waals surface area contributed by atoms with Gasteiger partial charge in [0.25, 0.3) is 5.91 Å². The number of anilines is 1. The molecule has 0 aliphatic rings. The average molecular weight is 414 g/mol. The van der Waals surface area contributed by atoms with Crippen LogP contribution in [0.2, 0.25) is 0 Å².